The molecule has 0 saturated carbocycles. The molecule has 2 aliphatic rings. The number of halogens is 1. The fourth-order valence-electron chi connectivity index (χ4n) is 2.80. The van der Waals surface area contributed by atoms with Crippen molar-refractivity contribution in [3.8, 4) is 0 Å². The highest BCUT2D eigenvalue weighted by atomic mass is 35.5. The first-order valence-corrected chi connectivity index (χ1v) is 7.08. The Labute approximate surface area is 126 Å². The van der Waals surface area contributed by atoms with E-state index in [1.165, 1.54) is 11.3 Å². The molecule has 0 radical (unpaired) electrons. The van der Waals surface area contributed by atoms with E-state index >= 15 is 0 Å². The molecule has 2 heterocycles. The first-order valence-electron chi connectivity index (χ1n) is 7.08. The molecule has 4 nitrogen and oxygen atoms in total. The van der Waals surface area contributed by atoms with E-state index in [2.05, 4.69) is 46.7 Å². The van der Waals surface area contributed by atoms with Gasteiger partial charge >= 0.3 is 0 Å². The van der Waals surface area contributed by atoms with Gasteiger partial charge in [-0.1, -0.05) is 18.2 Å². The smallest absolute Gasteiger partial charge is 0.225 e. The molecule has 1 aromatic carbocycles. The molecule has 0 aromatic heterocycles. The predicted octanol–water partition coefficient (Wildman–Crippen LogP) is 1.20. The van der Waals surface area contributed by atoms with Gasteiger partial charge in [0, 0.05) is 37.9 Å². The van der Waals surface area contributed by atoms with E-state index in [0.29, 0.717) is 6.04 Å². The zero-order valence-corrected chi connectivity index (χ0v) is 12.6. The molecular formula is C15H22ClN3O. The molecule has 1 unspecified atom stereocenters. The van der Waals surface area contributed by atoms with Crippen molar-refractivity contribution in [3.05, 3.63) is 29.8 Å². The van der Waals surface area contributed by atoms with Crippen molar-refractivity contribution >= 4 is 24.0 Å². The number of para-hydroxylation sites is 1. The molecule has 1 atom stereocenters. The summed E-state index contributed by atoms with van der Waals surface area (Å²) in [6.45, 7) is 5.62. The summed E-state index contributed by atoms with van der Waals surface area (Å²) in [4.78, 5) is 14.2. The van der Waals surface area contributed by atoms with Crippen LogP contribution in [0.4, 0.5) is 5.69 Å². The molecule has 1 fully saturated rings. The van der Waals surface area contributed by atoms with Crippen LogP contribution in [0.1, 0.15) is 12.5 Å². The monoisotopic (exact) mass is 295 g/mol. The number of hydrogen-bond acceptors (Lipinski definition) is 3. The minimum atomic E-state index is 0. The topological polar surface area (TPSA) is 44.4 Å². The molecule has 1 saturated heterocycles. The third-order valence-electron chi connectivity index (χ3n) is 4.18. The molecule has 5 heteroatoms. The Morgan fingerprint density at radius 2 is 2.20 bits per heavy atom. The van der Waals surface area contributed by atoms with E-state index in [1.54, 1.807) is 0 Å². The lowest BCUT2D eigenvalue weighted by Gasteiger charge is -2.30. The van der Waals surface area contributed by atoms with Gasteiger partial charge in [-0.2, -0.15) is 0 Å². The van der Waals surface area contributed by atoms with Gasteiger partial charge in [0.1, 0.15) is 0 Å². The largest absolute Gasteiger partial charge is 0.366 e. The van der Waals surface area contributed by atoms with Crippen LogP contribution in [0.25, 0.3) is 0 Å². The van der Waals surface area contributed by atoms with Crippen molar-refractivity contribution in [2.45, 2.75) is 19.4 Å². The number of rotatable bonds is 4. The summed E-state index contributed by atoms with van der Waals surface area (Å²) >= 11 is 0. The lowest BCUT2D eigenvalue weighted by molar-refractivity contribution is -0.126. The van der Waals surface area contributed by atoms with Crippen LogP contribution in [0.5, 0.6) is 0 Å². The average molecular weight is 296 g/mol. The van der Waals surface area contributed by atoms with Crippen LogP contribution in [-0.2, 0) is 11.2 Å². The van der Waals surface area contributed by atoms with E-state index in [4.69, 9.17) is 0 Å². The molecule has 20 heavy (non-hydrogen) atoms. The van der Waals surface area contributed by atoms with Crippen molar-refractivity contribution in [2.75, 3.05) is 31.1 Å². The Morgan fingerprint density at radius 1 is 1.45 bits per heavy atom. The van der Waals surface area contributed by atoms with Gasteiger partial charge in [0.25, 0.3) is 0 Å². The number of amides is 1. The molecular weight excluding hydrogens is 274 g/mol. The number of carbonyl (C=O) groups excluding carboxylic acids is 1. The summed E-state index contributed by atoms with van der Waals surface area (Å²) in [5.41, 5.74) is 2.75. The first kappa shape index (κ1) is 15.1. The van der Waals surface area contributed by atoms with Crippen LogP contribution >= 0.6 is 12.4 Å². The van der Waals surface area contributed by atoms with E-state index in [0.717, 1.165) is 32.6 Å². The summed E-state index contributed by atoms with van der Waals surface area (Å²) in [7, 11) is 0. The molecule has 3 rings (SSSR count). The maximum Gasteiger partial charge on any atom is 0.225 e. The van der Waals surface area contributed by atoms with Gasteiger partial charge in [-0.25, -0.2) is 0 Å². The van der Waals surface area contributed by atoms with Gasteiger partial charge in [-0.05, 0) is 25.0 Å². The summed E-state index contributed by atoms with van der Waals surface area (Å²) in [5, 5.41) is 6.20. The minimum Gasteiger partial charge on any atom is -0.366 e. The number of carbonyl (C=O) groups is 1. The van der Waals surface area contributed by atoms with Crippen molar-refractivity contribution in [1.29, 1.82) is 0 Å². The van der Waals surface area contributed by atoms with Crippen LogP contribution in [0, 0.1) is 5.92 Å². The van der Waals surface area contributed by atoms with Gasteiger partial charge in [0.2, 0.25) is 5.91 Å². The lowest BCUT2D eigenvalue weighted by Crippen LogP contribution is -2.52. The number of fused-ring (bicyclic) bond motifs is 1. The Morgan fingerprint density at radius 3 is 2.90 bits per heavy atom. The van der Waals surface area contributed by atoms with E-state index in [1.807, 2.05) is 0 Å². The van der Waals surface area contributed by atoms with E-state index in [-0.39, 0.29) is 24.2 Å². The highest BCUT2D eigenvalue weighted by Crippen LogP contribution is 2.28. The van der Waals surface area contributed by atoms with Gasteiger partial charge in [-0.3, -0.25) is 4.79 Å². The second kappa shape index (κ2) is 6.46. The van der Waals surface area contributed by atoms with Crippen molar-refractivity contribution < 1.29 is 4.79 Å². The second-order valence-electron chi connectivity index (χ2n) is 5.52. The van der Waals surface area contributed by atoms with Crippen LogP contribution in [0.15, 0.2) is 24.3 Å². The molecule has 2 N–H and O–H groups in total. The number of nitrogens with zero attached hydrogens (tertiary/aromatic N) is 1. The summed E-state index contributed by atoms with van der Waals surface area (Å²) in [6.07, 6.45) is 1.11. The van der Waals surface area contributed by atoms with Crippen molar-refractivity contribution in [1.82, 2.24) is 10.6 Å². The standard InChI is InChI=1S/C15H21N3O.ClH/c1-11(8-17-15(19)13-9-16-10-13)18-7-6-12-4-2-3-5-14(12)18;/h2-5,11,13,16H,6-10H2,1H3,(H,17,19);1H. The average Bonchev–Trinajstić information content (AvgIpc) is 2.77. The Bertz CT molecular complexity index is 476. The van der Waals surface area contributed by atoms with Crippen LogP contribution in [0.3, 0.4) is 0 Å². The Balaban J connectivity index is 0.00000147. The molecule has 1 amide bonds. The maximum atomic E-state index is 11.8. The predicted molar refractivity (Wildman–Crippen MR) is 83.6 cm³/mol. The molecule has 0 bridgehead atoms. The lowest BCUT2D eigenvalue weighted by atomic mass is 10.0. The Kier molecular flexibility index (Phi) is 4.89. The number of hydrogen-bond donors (Lipinski definition) is 2. The molecule has 110 valence electrons. The zero-order chi connectivity index (χ0) is 13.2. The van der Waals surface area contributed by atoms with Crippen LogP contribution < -0.4 is 15.5 Å². The number of anilines is 1. The minimum absolute atomic E-state index is 0. The third kappa shape index (κ3) is 2.91. The van der Waals surface area contributed by atoms with Gasteiger partial charge in [0.15, 0.2) is 0 Å². The normalized spacial score (nSPS) is 18.8. The van der Waals surface area contributed by atoms with Gasteiger partial charge in [0.05, 0.1) is 5.92 Å². The fraction of sp³-hybridized carbons (Fsp3) is 0.533. The molecule has 2 aliphatic heterocycles. The summed E-state index contributed by atoms with van der Waals surface area (Å²) in [5.74, 6) is 0.371. The number of nitrogens with one attached hydrogen (secondary N) is 2. The van der Waals surface area contributed by atoms with E-state index in [9.17, 15) is 4.79 Å². The summed E-state index contributed by atoms with van der Waals surface area (Å²) in [6, 6.07) is 8.90. The van der Waals surface area contributed by atoms with Gasteiger partial charge in [-0.15, -0.1) is 12.4 Å². The van der Waals surface area contributed by atoms with E-state index < -0.39 is 0 Å². The quantitative estimate of drug-likeness (QED) is 0.877. The maximum absolute atomic E-state index is 11.8. The van der Waals surface area contributed by atoms with Gasteiger partial charge < -0.3 is 15.5 Å². The highest BCUT2D eigenvalue weighted by Gasteiger charge is 2.27. The number of benzene rings is 1. The molecule has 0 aliphatic carbocycles. The molecule has 0 spiro atoms. The first-order chi connectivity index (χ1) is 9.25. The van der Waals surface area contributed by atoms with Crippen molar-refractivity contribution in [3.63, 3.8) is 0 Å². The summed E-state index contributed by atoms with van der Waals surface area (Å²) < 4.78 is 0. The van der Waals surface area contributed by atoms with Crippen LogP contribution in [-0.4, -0.2) is 38.1 Å². The third-order valence-corrected chi connectivity index (χ3v) is 4.18. The molecule has 1 aromatic rings. The van der Waals surface area contributed by atoms with Crippen LogP contribution in [0.2, 0.25) is 0 Å². The fourth-order valence-corrected chi connectivity index (χ4v) is 2.80. The Hall–Kier alpha value is -1.26. The SMILES string of the molecule is CC(CNC(=O)C1CNC1)N1CCc2ccccc21.Cl. The zero-order valence-electron chi connectivity index (χ0n) is 11.8. The van der Waals surface area contributed by atoms with Crippen molar-refractivity contribution in [2.24, 2.45) is 5.92 Å². The second-order valence-corrected chi connectivity index (χ2v) is 5.52. The highest BCUT2D eigenvalue weighted by molar-refractivity contribution is 5.85.